The fraction of sp³-hybridized carbons (Fsp3) is 0.458. The molecule has 1 saturated heterocycles. The number of ether oxygens (including phenoxy) is 3. The number of nitrogens with zero attached hydrogens (tertiary/aromatic N) is 2. The summed E-state index contributed by atoms with van der Waals surface area (Å²) in [6.45, 7) is 3.94. The van der Waals surface area contributed by atoms with Crippen molar-refractivity contribution in [3.63, 3.8) is 0 Å². The summed E-state index contributed by atoms with van der Waals surface area (Å²) in [5.74, 6) is 2.32. The minimum atomic E-state index is -3.87. The zero-order valence-electron chi connectivity index (χ0n) is 19.2. The molecule has 1 saturated carbocycles. The minimum Gasteiger partial charge on any atom is -0.497 e. The van der Waals surface area contributed by atoms with Crippen molar-refractivity contribution in [3.8, 4) is 17.2 Å². The largest absolute Gasteiger partial charge is 0.497 e. The van der Waals surface area contributed by atoms with Crippen molar-refractivity contribution in [2.75, 3.05) is 14.2 Å². The highest BCUT2D eigenvalue weighted by atomic mass is 32.2. The molecule has 3 aromatic rings. The summed E-state index contributed by atoms with van der Waals surface area (Å²) in [6, 6.07) is 10.2. The van der Waals surface area contributed by atoms with Gasteiger partial charge in [-0.15, -0.1) is 0 Å². The summed E-state index contributed by atoms with van der Waals surface area (Å²) < 4.78 is 46.3. The third kappa shape index (κ3) is 3.63. The highest BCUT2D eigenvalue weighted by Gasteiger charge is 2.53. The number of methoxy groups -OCH3 is 2. The molecule has 1 aliphatic heterocycles. The van der Waals surface area contributed by atoms with E-state index in [1.807, 2.05) is 32.0 Å². The lowest BCUT2D eigenvalue weighted by atomic mass is 9.99. The van der Waals surface area contributed by atoms with Crippen LogP contribution < -0.4 is 14.2 Å². The van der Waals surface area contributed by atoms with Crippen molar-refractivity contribution in [2.45, 2.75) is 56.2 Å². The molecule has 1 aromatic heterocycles. The molecule has 0 unspecified atom stereocenters. The number of sulfonamides is 1. The molecule has 2 bridgehead atoms. The number of benzene rings is 2. The smallest absolute Gasteiger partial charge is 0.247 e. The van der Waals surface area contributed by atoms with Crippen molar-refractivity contribution >= 4 is 21.1 Å². The maximum absolute atomic E-state index is 14.0. The molecule has 0 spiro atoms. The fourth-order valence-electron chi connectivity index (χ4n) is 5.25. The van der Waals surface area contributed by atoms with E-state index >= 15 is 0 Å². The van der Waals surface area contributed by atoms with Gasteiger partial charge in [-0.1, -0.05) is 6.07 Å². The van der Waals surface area contributed by atoms with Crippen LogP contribution in [0.2, 0.25) is 0 Å². The minimum absolute atomic E-state index is 0.00986. The van der Waals surface area contributed by atoms with Crippen LogP contribution in [0.15, 0.2) is 41.3 Å². The van der Waals surface area contributed by atoms with Gasteiger partial charge in [0.25, 0.3) is 0 Å². The molecule has 9 heteroatoms. The van der Waals surface area contributed by atoms with Gasteiger partial charge in [0, 0.05) is 12.1 Å². The molecular formula is C24H29N3O5S. The molecule has 2 heterocycles. The molecule has 0 amide bonds. The molecule has 176 valence electrons. The van der Waals surface area contributed by atoms with Gasteiger partial charge in [-0.25, -0.2) is 13.4 Å². The molecule has 2 aliphatic rings. The van der Waals surface area contributed by atoms with Crippen molar-refractivity contribution in [1.29, 1.82) is 0 Å². The zero-order chi connectivity index (χ0) is 23.3. The molecule has 2 aromatic carbocycles. The van der Waals surface area contributed by atoms with E-state index in [0.717, 1.165) is 30.3 Å². The second kappa shape index (κ2) is 8.22. The summed E-state index contributed by atoms with van der Waals surface area (Å²) in [4.78, 5) is 8.36. The van der Waals surface area contributed by atoms with E-state index < -0.39 is 10.0 Å². The van der Waals surface area contributed by atoms with E-state index in [-0.39, 0.29) is 29.0 Å². The fourth-order valence-corrected chi connectivity index (χ4v) is 7.30. The second-order valence-corrected chi connectivity index (χ2v) is 10.8. The average Bonchev–Trinajstić information content (AvgIpc) is 3.52. The summed E-state index contributed by atoms with van der Waals surface area (Å²) in [6.07, 6.45) is 2.65. The molecule has 1 aliphatic carbocycles. The van der Waals surface area contributed by atoms with Crippen LogP contribution in [0.3, 0.4) is 0 Å². The average molecular weight is 472 g/mol. The highest BCUT2D eigenvalue weighted by molar-refractivity contribution is 7.89. The summed E-state index contributed by atoms with van der Waals surface area (Å²) in [5.41, 5.74) is 1.56. The first-order valence-corrected chi connectivity index (χ1v) is 12.7. The third-order valence-electron chi connectivity index (χ3n) is 6.59. The number of hydrogen-bond donors (Lipinski definition) is 1. The Labute approximate surface area is 193 Å². The first-order chi connectivity index (χ1) is 15.8. The number of imidazole rings is 1. The summed E-state index contributed by atoms with van der Waals surface area (Å²) in [5, 5.41) is 0. The molecule has 2 fully saturated rings. The Kier molecular flexibility index (Phi) is 5.49. The molecule has 1 N–H and O–H groups in total. The Morgan fingerprint density at radius 2 is 1.91 bits per heavy atom. The first-order valence-electron chi connectivity index (χ1n) is 11.2. The van der Waals surface area contributed by atoms with Crippen molar-refractivity contribution in [3.05, 3.63) is 42.2 Å². The van der Waals surface area contributed by atoms with Crippen LogP contribution in [-0.2, 0) is 10.0 Å². The predicted octanol–water partition coefficient (Wildman–Crippen LogP) is 4.28. The van der Waals surface area contributed by atoms with Gasteiger partial charge in [0.1, 0.15) is 33.5 Å². The van der Waals surface area contributed by atoms with Gasteiger partial charge >= 0.3 is 0 Å². The number of rotatable bonds is 7. The quantitative estimate of drug-likeness (QED) is 0.553. The van der Waals surface area contributed by atoms with Gasteiger partial charge in [-0.05, 0) is 63.3 Å². The number of H-pyrrole nitrogens is 1. The number of nitrogens with one attached hydrogen (secondary N) is 1. The van der Waals surface area contributed by atoms with Gasteiger partial charge in [0.05, 0.1) is 31.9 Å². The SMILES string of the molecule is COc1ccc(OC)c(S(=O)(=O)N2[C@@H]3CC[C@@H](C3)[C@H]2c2nc3c(OC(C)C)cccc3[nH]2)c1. The van der Waals surface area contributed by atoms with Crippen LogP contribution in [0.5, 0.6) is 17.2 Å². The first kappa shape index (κ1) is 22.0. The lowest BCUT2D eigenvalue weighted by molar-refractivity contribution is 0.236. The van der Waals surface area contributed by atoms with Crippen LogP contribution in [0.1, 0.15) is 45.0 Å². The van der Waals surface area contributed by atoms with Gasteiger partial charge in [-0.3, -0.25) is 0 Å². The maximum atomic E-state index is 14.0. The number of aromatic amines is 1. The number of hydrogen-bond acceptors (Lipinski definition) is 6. The summed E-state index contributed by atoms with van der Waals surface area (Å²) >= 11 is 0. The van der Waals surface area contributed by atoms with E-state index in [1.165, 1.54) is 20.3 Å². The molecule has 33 heavy (non-hydrogen) atoms. The topological polar surface area (TPSA) is 93.8 Å². The lowest BCUT2D eigenvalue weighted by Crippen LogP contribution is -2.40. The maximum Gasteiger partial charge on any atom is 0.247 e. The van der Waals surface area contributed by atoms with Crippen molar-refractivity contribution in [1.82, 2.24) is 14.3 Å². The Morgan fingerprint density at radius 1 is 1.09 bits per heavy atom. The van der Waals surface area contributed by atoms with Crippen LogP contribution in [-0.4, -0.2) is 49.1 Å². The van der Waals surface area contributed by atoms with Gasteiger partial charge in [-0.2, -0.15) is 4.31 Å². The van der Waals surface area contributed by atoms with Crippen LogP contribution in [0.25, 0.3) is 11.0 Å². The monoisotopic (exact) mass is 471 g/mol. The third-order valence-corrected chi connectivity index (χ3v) is 8.54. The Hall–Kier alpha value is -2.78. The van der Waals surface area contributed by atoms with E-state index in [9.17, 15) is 8.42 Å². The molecule has 0 radical (unpaired) electrons. The number of piperidine rings is 1. The van der Waals surface area contributed by atoms with Crippen molar-refractivity contribution in [2.24, 2.45) is 5.92 Å². The second-order valence-electron chi connectivity index (χ2n) is 8.96. The lowest BCUT2D eigenvalue weighted by Gasteiger charge is -2.33. The van der Waals surface area contributed by atoms with Crippen LogP contribution >= 0.6 is 0 Å². The van der Waals surface area contributed by atoms with E-state index in [2.05, 4.69) is 4.98 Å². The Bertz CT molecular complexity index is 1290. The van der Waals surface area contributed by atoms with Crippen molar-refractivity contribution < 1.29 is 22.6 Å². The van der Waals surface area contributed by atoms with Gasteiger partial charge in [0.15, 0.2) is 0 Å². The Balaban J connectivity index is 1.61. The Morgan fingerprint density at radius 3 is 2.64 bits per heavy atom. The van der Waals surface area contributed by atoms with Gasteiger partial charge < -0.3 is 19.2 Å². The van der Waals surface area contributed by atoms with E-state index in [0.29, 0.717) is 23.1 Å². The molecule has 3 atom stereocenters. The number of aromatic nitrogens is 2. The van der Waals surface area contributed by atoms with Crippen LogP contribution in [0, 0.1) is 5.92 Å². The predicted molar refractivity (Wildman–Crippen MR) is 124 cm³/mol. The molecule has 5 rings (SSSR count). The molecule has 8 nitrogen and oxygen atoms in total. The standard InChI is InChI=1S/C24H29N3O5S/c1-14(2)32-20-7-5-6-18-22(20)26-24(25-18)23-15-8-9-16(12-15)27(23)33(28,29)21-13-17(30-3)10-11-19(21)31-4/h5-7,10-11,13-16,23H,8-9,12H2,1-4H3,(H,25,26)/t15-,16+,23-/m0/s1. The summed E-state index contributed by atoms with van der Waals surface area (Å²) in [7, 11) is -0.878. The van der Waals surface area contributed by atoms with Crippen LogP contribution in [0.4, 0.5) is 0 Å². The zero-order valence-corrected chi connectivity index (χ0v) is 20.1. The number of para-hydroxylation sites is 1. The van der Waals surface area contributed by atoms with E-state index in [1.54, 1.807) is 16.4 Å². The molecular weight excluding hydrogens is 442 g/mol. The highest BCUT2D eigenvalue weighted by Crippen LogP contribution is 2.53. The number of fused-ring (bicyclic) bond motifs is 3. The van der Waals surface area contributed by atoms with E-state index in [4.69, 9.17) is 19.2 Å². The normalized spacial score (nSPS) is 22.9. The van der Waals surface area contributed by atoms with Gasteiger partial charge in [0.2, 0.25) is 10.0 Å².